The number of rotatable bonds is 5. The van der Waals surface area contributed by atoms with Crippen molar-refractivity contribution in [2.45, 2.75) is 26.3 Å². The zero-order valence-corrected chi connectivity index (χ0v) is 11.8. The Balaban J connectivity index is 1.94. The first-order chi connectivity index (χ1) is 8.54. The highest BCUT2D eigenvalue weighted by molar-refractivity contribution is 7.14. The van der Waals surface area contributed by atoms with Gasteiger partial charge in [-0.3, -0.25) is 0 Å². The van der Waals surface area contributed by atoms with E-state index in [4.69, 9.17) is 5.11 Å². The number of carbonyl (C=O) groups is 1. The van der Waals surface area contributed by atoms with Gasteiger partial charge in [0.2, 0.25) is 0 Å². The third-order valence-electron chi connectivity index (χ3n) is 2.40. The van der Waals surface area contributed by atoms with Crippen LogP contribution in [0.1, 0.15) is 27.2 Å². The van der Waals surface area contributed by atoms with Gasteiger partial charge in [-0.2, -0.15) is 0 Å². The molecule has 2 aromatic rings. The molecule has 4 nitrogen and oxygen atoms in total. The van der Waals surface area contributed by atoms with Crippen LogP contribution in [0.25, 0.3) is 0 Å². The van der Waals surface area contributed by atoms with Crippen LogP contribution in [0.2, 0.25) is 0 Å². The van der Waals surface area contributed by atoms with Gasteiger partial charge in [0.1, 0.15) is 0 Å². The summed E-state index contributed by atoms with van der Waals surface area (Å²) < 4.78 is 0. The van der Waals surface area contributed by atoms with Gasteiger partial charge in [-0.25, -0.2) is 9.78 Å². The number of thiophene rings is 1. The van der Waals surface area contributed by atoms with Gasteiger partial charge in [-0.15, -0.1) is 22.7 Å². The number of nitrogens with zero attached hydrogens (tertiary/aromatic N) is 1. The predicted octanol–water partition coefficient (Wildman–Crippen LogP) is 3.25. The fourth-order valence-corrected chi connectivity index (χ4v) is 3.41. The van der Waals surface area contributed by atoms with E-state index in [1.165, 1.54) is 21.1 Å². The summed E-state index contributed by atoms with van der Waals surface area (Å²) >= 11 is 3.11. The van der Waals surface area contributed by atoms with E-state index in [0.29, 0.717) is 5.13 Å². The van der Waals surface area contributed by atoms with Crippen molar-refractivity contribution in [3.63, 3.8) is 0 Å². The molecule has 2 aromatic heterocycles. The molecule has 0 aliphatic heterocycles. The van der Waals surface area contributed by atoms with Gasteiger partial charge in [-0.05, 0) is 26.0 Å². The zero-order valence-electron chi connectivity index (χ0n) is 10.1. The Morgan fingerprint density at radius 1 is 1.56 bits per heavy atom. The van der Waals surface area contributed by atoms with Crippen LogP contribution in [0.3, 0.4) is 0 Å². The van der Waals surface area contributed by atoms with Crippen molar-refractivity contribution in [2.75, 3.05) is 5.32 Å². The molecule has 1 unspecified atom stereocenters. The molecule has 0 aliphatic carbocycles. The molecule has 0 bridgehead atoms. The lowest BCUT2D eigenvalue weighted by molar-refractivity contribution is 0.0691. The number of hydrogen-bond donors (Lipinski definition) is 2. The fourth-order valence-electron chi connectivity index (χ4n) is 1.60. The van der Waals surface area contributed by atoms with E-state index in [9.17, 15) is 4.79 Å². The Bertz CT molecular complexity index is 548. The second-order valence-corrected chi connectivity index (χ2v) is 6.34. The quantitative estimate of drug-likeness (QED) is 0.883. The Labute approximate surface area is 113 Å². The smallest absolute Gasteiger partial charge is 0.355 e. The van der Waals surface area contributed by atoms with Crippen LogP contribution in [0.4, 0.5) is 5.13 Å². The summed E-state index contributed by atoms with van der Waals surface area (Å²) in [5, 5.41) is 14.2. The Kier molecular flexibility index (Phi) is 3.98. The number of hydrogen-bond acceptors (Lipinski definition) is 5. The summed E-state index contributed by atoms with van der Waals surface area (Å²) in [7, 11) is 0. The van der Waals surface area contributed by atoms with E-state index < -0.39 is 5.97 Å². The van der Waals surface area contributed by atoms with Crippen molar-refractivity contribution in [1.29, 1.82) is 0 Å². The van der Waals surface area contributed by atoms with Crippen LogP contribution >= 0.6 is 22.7 Å². The molecule has 96 valence electrons. The topological polar surface area (TPSA) is 62.2 Å². The lowest BCUT2D eigenvalue weighted by Gasteiger charge is -2.11. The molecule has 2 rings (SSSR count). The Morgan fingerprint density at radius 2 is 2.33 bits per heavy atom. The molecule has 0 fully saturated rings. The molecule has 1 atom stereocenters. The second-order valence-electron chi connectivity index (χ2n) is 4.10. The summed E-state index contributed by atoms with van der Waals surface area (Å²) in [6.07, 6.45) is 0.917. The first kappa shape index (κ1) is 13.0. The lowest BCUT2D eigenvalue weighted by Crippen LogP contribution is -2.17. The molecular weight excluding hydrogens is 268 g/mol. The summed E-state index contributed by atoms with van der Waals surface area (Å²) in [6, 6.07) is 4.47. The van der Waals surface area contributed by atoms with Gasteiger partial charge in [0.15, 0.2) is 10.8 Å². The highest BCUT2D eigenvalue weighted by atomic mass is 32.1. The van der Waals surface area contributed by atoms with E-state index in [-0.39, 0.29) is 11.7 Å². The molecule has 0 saturated heterocycles. The van der Waals surface area contributed by atoms with Crippen LogP contribution in [-0.4, -0.2) is 22.1 Å². The lowest BCUT2D eigenvalue weighted by atomic mass is 10.2. The molecule has 2 heterocycles. The molecule has 18 heavy (non-hydrogen) atoms. The highest BCUT2D eigenvalue weighted by Gasteiger charge is 2.11. The molecule has 0 aromatic carbocycles. The predicted molar refractivity (Wildman–Crippen MR) is 74.9 cm³/mol. The van der Waals surface area contributed by atoms with Gasteiger partial charge in [0, 0.05) is 27.6 Å². The van der Waals surface area contributed by atoms with Gasteiger partial charge in [-0.1, -0.05) is 0 Å². The summed E-state index contributed by atoms with van der Waals surface area (Å²) in [4.78, 5) is 17.3. The first-order valence-corrected chi connectivity index (χ1v) is 7.25. The molecule has 0 amide bonds. The zero-order chi connectivity index (χ0) is 13.1. The number of anilines is 1. The first-order valence-electron chi connectivity index (χ1n) is 5.55. The minimum absolute atomic E-state index is 0.0988. The maximum absolute atomic E-state index is 10.7. The van der Waals surface area contributed by atoms with E-state index in [2.05, 4.69) is 36.3 Å². The number of aryl methyl sites for hydroxylation is 1. The highest BCUT2D eigenvalue weighted by Crippen LogP contribution is 2.20. The molecule has 2 N–H and O–H groups in total. The van der Waals surface area contributed by atoms with Crippen molar-refractivity contribution in [2.24, 2.45) is 0 Å². The average molecular weight is 282 g/mol. The number of carboxylic acid groups (broad SMARTS) is 1. The third-order valence-corrected chi connectivity index (χ3v) is 4.19. The van der Waals surface area contributed by atoms with E-state index in [0.717, 1.165) is 6.42 Å². The number of carboxylic acids is 1. The summed E-state index contributed by atoms with van der Waals surface area (Å²) in [5.41, 5.74) is 0.0988. The SMILES string of the molecule is Cc1ccc(CC(C)Nc2nc(C(=O)O)cs2)s1. The fraction of sp³-hybridized carbons (Fsp3) is 0.333. The molecule has 0 aliphatic rings. The summed E-state index contributed by atoms with van der Waals surface area (Å²) in [5.74, 6) is -0.985. The van der Waals surface area contributed by atoms with Crippen LogP contribution in [-0.2, 0) is 6.42 Å². The number of nitrogens with one attached hydrogen (secondary N) is 1. The minimum atomic E-state index is -0.985. The molecular formula is C12H14N2O2S2. The largest absolute Gasteiger partial charge is 0.476 e. The van der Waals surface area contributed by atoms with Crippen LogP contribution in [0.15, 0.2) is 17.5 Å². The third kappa shape index (κ3) is 3.30. The normalized spacial score (nSPS) is 12.3. The van der Waals surface area contributed by atoms with Crippen molar-refractivity contribution in [3.8, 4) is 0 Å². The molecule has 6 heteroatoms. The number of thiazole rings is 1. The standard InChI is InChI=1S/C12H14N2O2S2/c1-7(5-9-4-3-8(2)18-9)13-12-14-10(6-17-12)11(15)16/h3-4,6-7H,5H2,1-2H3,(H,13,14)(H,15,16). The second kappa shape index (κ2) is 5.49. The van der Waals surface area contributed by atoms with Crippen molar-refractivity contribution < 1.29 is 9.90 Å². The van der Waals surface area contributed by atoms with Gasteiger partial charge >= 0.3 is 5.97 Å². The average Bonchev–Trinajstić information content (AvgIpc) is 2.88. The molecule has 0 spiro atoms. The van der Waals surface area contributed by atoms with Crippen LogP contribution < -0.4 is 5.32 Å². The van der Waals surface area contributed by atoms with Gasteiger partial charge in [0.25, 0.3) is 0 Å². The van der Waals surface area contributed by atoms with Crippen LogP contribution in [0, 0.1) is 6.92 Å². The van der Waals surface area contributed by atoms with Gasteiger partial charge < -0.3 is 10.4 Å². The number of aromatic nitrogens is 1. The summed E-state index contributed by atoms with van der Waals surface area (Å²) in [6.45, 7) is 4.16. The molecule has 0 radical (unpaired) electrons. The van der Waals surface area contributed by atoms with Gasteiger partial charge in [0.05, 0.1) is 0 Å². The minimum Gasteiger partial charge on any atom is -0.476 e. The van der Waals surface area contributed by atoms with Crippen LogP contribution in [0.5, 0.6) is 0 Å². The Morgan fingerprint density at radius 3 is 2.89 bits per heavy atom. The van der Waals surface area contributed by atoms with Crippen molar-refractivity contribution >= 4 is 33.8 Å². The van der Waals surface area contributed by atoms with E-state index in [1.807, 2.05) is 0 Å². The van der Waals surface area contributed by atoms with E-state index >= 15 is 0 Å². The number of aromatic carboxylic acids is 1. The van der Waals surface area contributed by atoms with E-state index in [1.54, 1.807) is 16.7 Å². The monoisotopic (exact) mass is 282 g/mol. The Hall–Kier alpha value is -1.40. The van der Waals surface area contributed by atoms with Crippen molar-refractivity contribution in [1.82, 2.24) is 4.98 Å². The maximum Gasteiger partial charge on any atom is 0.355 e. The molecule has 0 saturated carbocycles. The van der Waals surface area contributed by atoms with Crippen molar-refractivity contribution in [3.05, 3.63) is 33.0 Å². The maximum atomic E-state index is 10.7.